The van der Waals surface area contributed by atoms with E-state index in [0.717, 1.165) is 104 Å². The summed E-state index contributed by atoms with van der Waals surface area (Å²) in [7, 11) is 1.70. The fourth-order valence-corrected chi connectivity index (χ4v) is 11.2. The van der Waals surface area contributed by atoms with Gasteiger partial charge in [0.1, 0.15) is 23.4 Å². The maximum absolute atomic E-state index is 16.4. The van der Waals surface area contributed by atoms with Gasteiger partial charge < -0.3 is 30.3 Å². The van der Waals surface area contributed by atoms with Crippen LogP contribution in [0.4, 0.5) is 15.8 Å². The summed E-state index contributed by atoms with van der Waals surface area (Å²) in [6, 6.07) is 28.4. The molecule has 3 saturated heterocycles. The molecule has 5 aliphatic rings. The molecule has 0 bridgehead atoms. The number of carbonyl (C=O) groups is 1. The summed E-state index contributed by atoms with van der Waals surface area (Å²) >= 11 is 0. The molecule has 3 N–H and O–H groups in total. The lowest BCUT2D eigenvalue weighted by atomic mass is 9.57. The Bertz CT molecular complexity index is 2080. The second-order valence-corrected chi connectivity index (χ2v) is 17.7. The highest BCUT2D eigenvalue weighted by Crippen LogP contribution is 2.54. The number of nitrogens with zero attached hydrogens (tertiary/aromatic N) is 2. The molecule has 0 aromatic heterocycles. The number of benzene rings is 4. The van der Waals surface area contributed by atoms with E-state index in [2.05, 4.69) is 75.5 Å². The second-order valence-electron chi connectivity index (χ2n) is 17.7. The molecule has 8 heteroatoms. The van der Waals surface area contributed by atoms with Crippen molar-refractivity contribution in [2.75, 3.05) is 50.1 Å². The second kappa shape index (κ2) is 15.8. The molecule has 0 radical (unpaired) electrons. The van der Waals surface area contributed by atoms with Crippen LogP contribution in [0.2, 0.25) is 0 Å². The van der Waals surface area contributed by atoms with Gasteiger partial charge in [0.2, 0.25) is 5.91 Å². The van der Waals surface area contributed by atoms with E-state index in [0.29, 0.717) is 17.0 Å². The molecule has 4 aromatic rings. The summed E-state index contributed by atoms with van der Waals surface area (Å²) in [6.45, 7) is 9.10. The van der Waals surface area contributed by atoms with Crippen LogP contribution in [-0.4, -0.2) is 61.8 Å². The minimum atomic E-state index is -0.203. The van der Waals surface area contributed by atoms with Gasteiger partial charge in [-0.1, -0.05) is 55.1 Å². The number of anilines is 2. The highest BCUT2D eigenvalue weighted by Gasteiger charge is 2.46. The SMILES string of the molecule is C=C1CCC(Nc2ccc(C3CCN(CC4CC5(CCN(c6cc(OC)c([C@H]7c8ccc(O)cc8CC[C@H]7c7ccccc7)cc6F)CC5)C4)CC3)cc2)C(=O)N1. The lowest BCUT2D eigenvalue weighted by Gasteiger charge is -2.54. The molecule has 1 amide bonds. The maximum Gasteiger partial charge on any atom is 0.246 e. The number of nitrogens with one attached hydrogen (secondary N) is 2. The largest absolute Gasteiger partial charge is 0.508 e. The highest BCUT2D eigenvalue weighted by atomic mass is 19.1. The van der Waals surface area contributed by atoms with Gasteiger partial charge in [0.05, 0.1) is 12.8 Å². The number of likely N-dealkylation sites (tertiary alicyclic amines) is 1. The topological polar surface area (TPSA) is 77.1 Å². The van der Waals surface area contributed by atoms with Crippen molar-refractivity contribution in [3.05, 3.63) is 131 Å². The van der Waals surface area contributed by atoms with E-state index in [-0.39, 0.29) is 35.4 Å². The van der Waals surface area contributed by atoms with Gasteiger partial charge in [-0.3, -0.25) is 4.79 Å². The molecule has 57 heavy (non-hydrogen) atoms. The van der Waals surface area contributed by atoms with Crippen molar-refractivity contribution in [3.63, 3.8) is 0 Å². The zero-order valence-electron chi connectivity index (χ0n) is 33.3. The quantitative estimate of drug-likeness (QED) is 0.158. The number of carbonyl (C=O) groups excluding carboxylic acids is 1. The normalized spacial score (nSPS) is 24.1. The lowest BCUT2D eigenvalue weighted by molar-refractivity contribution is -0.122. The van der Waals surface area contributed by atoms with Gasteiger partial charge in [-0.25, -0.2) is 4.39 Å². The Morgan fingerprint density at radius 3 is 2.35 bits per heavy atom. The number of phenolic OH excluding ortho intramolecular Hbond substituents is 1. The average Bonchev–Trinajstić information content (AvgIpc) is 3.22. The van der Waals surface area contributed by atoms with E-state index in [1.165, 1.54) is 43.4 Å². The zero-order chi connectivity index (χ0) is 39.1. The number of piperidine rings is 3. The minimum absolute atomic E-state index is 0.00615. The zero-order valence-corrected chi connectivity index (χ0v) is 33.3. The molecule has 3 atom stereocenters. The first-order chi connectivity index (χ1) is 27.7. The number of methoxy groups -OCH3 is 1. The maximum atomic E-state index is 16.4. The Morgan fingerprint density at radius 2 is 1.63 bits per heavy atom. The molecular weight excluding hydrogens is 712 g/mol. The Labute approximate surface area is 337 Å². The summed E-state index contributed by atoms with van der Waals surface area (Å²) in [4.78, 5) is 17.2. The van der Waals surface area contributed by atoms with Crippen LogP contribution in [0.3, 0.4) is 0 Å². The van der Waals surface area contributed by atoms with E-state index >= 15 is 4.39 Å². The van der Waals surface area contributed by atoms with Crippen LogP contribution in [0.1, 0.15) is 103 Å². The number of aromatic hydroxyl groups is 1. The Balaban J connectivity index is 0.785. The molecule has 3 heterocycles. The number of rotatable bonds is 9. The third-order valence-corrected chi connectivity index (χ3v) is 14.2. The number of hydrogen-bond acceptors (Lipinski definition) is 6. The molecular formula is C49H57FN4O3. The Hall–Kier alpha value is -4.82. The summed E-state index contributed by atoms with van der Waals surface area (Å²) in [5.74, 6) is 2.27. The molecule has 2 aliphatic carbocycles. The summed E-state index contributed by atoms with van der Waals surface area (Å²) in [6.07, 6.45) is 10.5. The monoisotopic (exact) mass is 768 g/mol. The van der Waals surface area contributed by atoms with Gasteiger partial charge in [-0.05, 0) is 153 Å². The predicted octanol–water partition coefficient (Wildman–Crippen LogP) is 9.48. The van der Waals surface area contributed by atoms with Crippen molar-refractivity contribution < 1.29 is 19.0 Å². The Kier molecular flexibility index (Phi) is 10.5. The molecule has 4 fully saturated rings. The van der Waals surface area contributed by atoms with Crippen molar-refractivity contribution in [2.45, 2.75) is 88.0 Å². The third-order valence-electron chi connectivity index (χ3n) is 14.2. The number of allylic oxidation sites excluding steroid dienone is 1. The van der Waals surface area contributed by atoms with E-state index < -0.39 is 0 Å². The van der Waals surface area contributed by atoms with Crippen molar-refractivity contribution in [1.29, 1.82) is 0 Å². The van der Waals surface area contributed by atoms with Crippen molar-refractivity contribution in [3.8, 4) is 11.5 Å². The third kappa shape index (κ3) is 7.77. The lowest BCUT2D eigenvalue weighted by Crippen LogP contribution is -2.50. The van der Waals surface area contributed by atoms with Crippen LogP contribution in [0.15, 0.2) is 97.2 Å². The predicted molar refractivity (Wildman–Crippen MR) is 226 cm³/mol. The van der Waals surface area contributed by atoms with Gasteiger partial charge in [0.25, 0.3) is 0 Å². The van der Waals surface area contributed by atoms with Crippen LogP contribution < -0.4 is 20.3 Å². The van der Waals surface area contributed by atoms with Gasteiger partial charge in [-0.15, -0.1) is 0 Å². The number of ether oxygens (including phenoxy) is 1. The fraction of sp³-hybridized carbons (Fsp3) is 0.449. The van der Waals surface area contributed by atoms with Crippen molar-refractivity contribution >= 4 is 17.3 Å². The smallest absolute Gasteiger partial charge is 0.246 e. The number of fused-ring (bicyclic) bond motifs is 1. The van der Waals surface area contributed by atoms with E-state index in [1.807, 2.05) is 24.3 Å². The highest BCUT2D eigenvalue weighted by molar-refractivity contribution is 5.87. The number of aryl methyl sites for hydroxylation is 1. The standard InChI is InChI=1S/C49H57FN4O3/c1-32-8-17-44(48(56)51-32)52-38-12-9-34(10-13-38)35-18-22-53(23-19-35)31-33-29-49(30-33)20-24-54(25-21-49)45-28-46(57-2)42(27-43(45)50)47-40(36-6-4-3-5-7-36)15-11-37-26-39(55)14-16-41(37)47/h3-7,9-10,12-14,16,26-28,33,35,40,44,47,52,55H,1,8,11,15,17-25,29-31H2,2H3,(H,51,56)/t40-,44?,47+/m0/s1. The summed E-state index contributed by atoms with van der Waals surface area (Å²) in [5.41, 5.74) is 8.63. The average molecular weight is 769 g/mol. The van der Waals surface area contributed by atoms with Crippen molar-refractivity contribution in [2.24, 2.45) is 11.3 Å². The molecule has 7 nitrogen and oxygen atoms in total. The van der Waals surface area contributed by atoms with Gasteiger partial charge in [0.15, 0.2) is 0 Å². The van der Waals surface area contributed by atoms with Crippen molar-refractivity contribution in [1.82, 2.24) is 10.2 Å². The first kappa shape index (κ1) is 37.7. The fourth-order valence-electron chi connectivity index (χ4n) is 11.2. The molecule has 1 saturated carbocycles. The molecule has 1 spiro atoms. The first-order valence-electron chi connectivity index (χ1n) is 21.3. The van der Waals surface area contributed by atoms with Gasteiger partial charge >= 0.3 is 0 Å². The van der Waals surface area contributed by atoms with E-state index in [1.54, 1.807) is 19.2 Å². The molecule has 9 rings (SSSR count). The van der Waals surface area contributed by atoms with Gasteiger partial charge in [-0.2, -0.15) is 0 Å². The van der Waals surface area contributed by atoms with Gasteiger partial charge in [0, 0.05) is 48.6 Å². The number of phenols is 1. The first-order valence-corrected chi connectivity index (χ1v) is 21.3. The summed E-state index contributed by atoms with van der Waals surface area (Å²) < 4.78 is 22.5. The van der Waals surface area contributed by atoms with Crippen LogP contribution in [0.25, 0.3) is 0 Å². The van der Waals surface area contributed by atoms with Crippen LogP contribution in [0, 0.1) is 17.2 Å². The van der Waals surface area contributed by atoms with E-state index in [4.69, 9.17) is 4.74 Å². The molecule has 4 aromatic carbocycles. The number of halogens is 1. The van der Waals surface area contributed by atoms with E-state index in [9.17, 15) is 9.90 Å². The van der Waals surface area contributed by atoms with Crippen LogP contribution in [0.5, 0.6) is 11.5 Å². The summed E-state index contributed by atoms with van der Waals surface area (Å²) in [5, 5.41) is 16.6. The van der Waals surface area contributed by atoms with Crippen LogP contribution >= 0.6 is 0 Å². The minimum Gasteiger partial charge on any atom is -0.508 e. The number of amides is 1. The molecule has 298 valence electrons. The molecule has 3 aliphatic heterocycles. The van der Waals surface area contributed by atoms with Crippen LogP contribution in [-0.2, 0) is 11.2 Å². The Morgan fingerprint density at radius 1 is 0.877 bits per heavy atom. The molecule has 1 unspecified atom stereocenters. The number of hydrogen-bond donors (Lipinski definition) is 3.